The average molecular weight is 175 g/mol. The topological polar surface area (TPSA) is 20.3 Å². The van der Waals surface area contributed by atoms with E-state index in [0.717, 1.165) is 0 Å². The van der Waals surface area contributed by atoms with Crippen LogP contribution in [0, 0.1) is 11.8 Å². The van der Waals surface area contributed by atoms with Crippen molar-refractivity contribution in [1.29, 1.82) is 0 Å². The van der Waals surface area contributed by atoms with Crippen LogP contribution in [0.2, 0.25) is 0 Å². The molecule has 0 N–H and O–H groups in total. The lowest BCUT2D eigenvalue weighted by molar-refractivity contribution is 0.161. The van der Waals surface area contributed by atoms with Gasteiger partial charge in [0.2, 0.25) is 0 Å². The highest BCUT2D eigenvalue weighted by Gasteiger charge is 2.14. The summed E-state index contributed by atoms with van der Waals surface area (Å²) in [5.41, 5.74) is 0. The maximum Gasteiger partial charge on any atom is 0.400 e. The van der Waals surface area contributed by atoms with Gasteiger partial charge in [0, 0.05) is 13.1 Å². The van der Waals surface area contributed by atoms with Crippen LogP contribution in [-0.2, 0) is 0 Å². The third kappa shape index (κ3) is 5.10. The van der Waals surface area contributed by atoms with Crippen molar-refractivity contribution in [1.82, 2.24) is 4.90 Å². The first kappa shape index (κ1) is 11.4. The summed E-state index contributed by atoms with van der Waals surface area (Å²) in [6.07, 6.45) is -1.31. The Bertz CT molecular complexity index is 135. The predicted molar refractivity (Wildman–Crippen MR) is 47.8 cm³/mol. The molecule has 2 nitrogen and oxygen atoms in total. The predicted octanol–water partition coefficient (Wildman–Crippen LogP) is 2.69. The van der Waals surface area contributed by atoms with Gasteiger partial charge in [0.05, 0.1) is 0 Å². The van der Waals surface area contributed by atoms with Crippen molar-refractivity contribution in [2.24, 2.45) is 11.8 Å². The Kier molecular flexibility index (Phi) is 4.86. The van der Waals surface area contributed by atoms with E-state index in [-0.39, 0.29) is 0 Å². The van der Waals surface area contributed by atoms with Crippen molar-refractivity contribution in [2.45, 2.75) is 27.7 Å². The van der Waals surface area contributed by atoms with Crippen LogP contribution in [0.5, 0.6) is 0 Å². The van der Waals surface area contributed by atoms with E-state index in [1.807, 2.05) is 27.7 Å². The largest absolute Gasteiger partial charge is 0.400 e. The van der Waals surface area contributed by atoms with Gasteiger partial charge >= 0.3 is 6.16 Å². The van der Waals surface area contributed by atoms with Gasteiger partial charge in [-0.15, -0.1) is 4.39 Å². The van der Waals surface area contributed by atoms with E-state index in [2.05, 4.69) is 0 Å². The van der Waals surface area contributed by atoms with Crippen LogP contribution in [0.3, 0.4) is 0 Å². The summed E-state index contributed by atoms with van der Waals surface area (Å²) in [6.45, 7) is 8.89. The first-order chi connectivity index (χ1) is 5.43. The van der Waals surface area contributed by atoms with E-state index in [0.29, 0.717) is 24.9 Å². The van der Waals surface area contributed by atoms with Crippen molar-refractivity contribution in [3.05, 3.63) is 0 Å². The Morgan fingerprint density at radius 1 is 1.17 bits per heavy atom. The fraction of sp³-hybridized carbons (Fsp3) is 0.889. The van der Waals surface area contributed by atoms with E-state index in [4.69, 9.17) is 0 Å². The van der Waals surface area contributed by atoms with E-state index >= 15 is 0 Å². The number of hydrogen-bond acceptors (Lipinski definition) is 1. The highest BCUT2D eigenvalue weighted by atomic mass is 19.1. The van der Waals surface area contributed by atoms with Crippen molar-refractivity contribution in [3.8, 4) is 0 Å². The molecule has 0 aromatic heterocycles. The fourth-order valence-corrected chi connectivity index (χ4v) is 1.10. The molecule has 12 heavy (non-hydrogen) atoms. The van der Waals surface area contributed by atoms with Crippen LogP contribution in [0.25, 0.3) is 0 Å². The van der Waals surface area contributed by atoms with Crippen LogP contribution in [-0.4, -0.2) is 24.2 Å². The summed E-state index contributed by atoms with van der Waals surface area (Å²) in [7, 11) is 0. The molecule has 0 atom stereocenters. The molecule has 0 bridgehead atoms. The van der Waals surface area contributed by atoms with Gasteiger partial charge < -0.3 is 4.90 Å². The Morgan fingerprint density at radius 2 is 1.50 bits per heavy atom. The van der Waals surface area contributed by atoms with E-state index in [1.165, 1.54) is 4.90 Å². The lowest BCUT2D eigenvalue weighted by Crippen LogP contribution is -2.33. The third-order valence-electron chi connectivity index (χ3n) is 1.42. The first-order valence-electron chi connectivity index (χ1n) is 4.38. The molecule has 0 saturated heterocycles. The molecule has 0 aromatic carbocycles. The second-order valence-electron chi connectivity index (χ2n) is 3.95. The number of halogens is 1. The first-order valence-corrected chi connectivity index (χ1v) is 4.38. The summed E-state index contributed by atoms with van der Waals surface area (Å²) < 4.78 is 12.4. The smallest absolute Gasteiger partial charge is 0.314 e. The number of carbonyl (C=O) groups is 1. The summed E-state index contributed by atoms with van der Waals surface area (Å²) in [4.78, 5) is 11.7. The third-order valence-corrected chi connectivity index (χ3v) is 1.42. The molecule has 0 saturated carbocycles. The van der Waals surface area contributed by atoms with Crippen LogP contribution in [0.4, 0.5) is 9.18 Å². The van der Waals surface area contributed by atoms with Gasteiger partial charge in [-0.2, -0.15) is 0 Å². The maximum absolute atomic E-state index is 12.4. The van der Waals surface area contributed by atoms with Gasteiger partial charge in [0.15, 0.2) is 0 Å². The quantitative estimate of drug-likeness (QED) is 0.475. The minimum Gasteiger partial charge on any atom is -0.314 e. The lowest BCUT2D eigenvalue weighted by Gasteiger charge is -2.22. The summed E-state index contributed by atoms with van der Waals surface area (Å²) in [5, 5.41) is 0. The zero-order chi connectivity index (χ0) is 9.72. The molecule has 0 aliphatic rings. The molecular formula is C9H18FNO. The fourth-order valence-electron chi connectivity index (χ4n) is 1.10. The van der Waals surface area contributed by atoms with Crippen LogP contribution in [0.1, 0.15) is 27.7 Å². The molecule has 0 aliphatic heterocycles. The summed E-state index contributed by atoms with van der Waals surface area (Å²) >= 11 is 0. The Morgan fingerprint density at radius 3 is 1.67 bits per heavy atom. The van der Waals surface area contributed by atoms with Gasteiger partial charge in [-0.1, -0.05) is 27.7 Å². The van der Waals surface area contributed by atoms with Crippen LogP contribution in [0.15, 0.2) is 0 Å². The van der Waals surface area contributed by atoms with Crippen molar-refractivity contribution < 1.29 is 9.18 Å². The van der Waals surface area contributed by atoms with Crippen LogP contribution >= 0.6 is 0 Å². The molecule has 72 valence electrons. The van der Waals surface area contributed by atoms with Crippen LogP contribution < -0.4 is 0 Å². The van der Waals surface area contributed by atoms with Crippen molar-refractivity contribution in [2.75, 3.05) is 13.1 Å². The van der Waals surface area contributed by atoms with Gasteiger partial charge in [0.25, 0.3) is 0 Å². The van der Waals surface area contributed by atoms with Crippen molar-refractivity contribution in [3.63, 3.8) is 0 Å². The summed E-state index contributed by atoms with van der Waals surface area (Å²) in [5.74, 6) is 0.645. The second kappa shape index (κ2) is 5.12. The number of rotatable bonds is 4. The van der Waals surface area contributed by atoms with Gasteiger partial charge in [0.1, 0.15) is 0 Å². The molecule has 1 amide bonds. The van der Waals surface area contributed by atoms with Crippen molar-refractivity contribution >= 4 is 6.16 Å². The second-order valence-corrected chi connectivity index (χ2v) is 3.95. The molecule has 0 unspecified atom stereocenters. The number of carbonyl (C=O) groups excluding carboxylic acids is 1. The Balaban J connectivity index is 3.96. The number of hydrogen-bond donors (Lipinski definition) is 0. The highest BCUT2D eigenvalue weighted by molar-refractivity contribution is 5.65. The van der Waals surface area contributed by atoms with E-state index in [1.54, 1.807) is 0 Å². The molecule has 3 heteroatoms. The minimum atomic E-state index is -1.31. The molecule has 0 radical (unpaired) electrons. The SMILES string of the molecule is CC(C)CN(CC(C)C)C(=O)F. The monoisotopic (exact) mass is 175 g/mol. The zero-order valence-electron chi connectivity index (χ0n) is 8.30. The highest BCUT2D eigenvalue weighted by Crippen LogP contribution is 2.05. The normalized spacial score (nSPS) is 10.9. The standard InChI is InChI=1S/C9H18FNO/c1-7(2)5-11(9(10)12)6-8(3)4/h7-8H,5-6H2,1-4H3. The molecule has 0 spiro atoms. The lowest BCUT2D eigenvalue weighted by atomic mass is 10.1. The molecule has 0 heterocycles. The molecule has 0 aromatic rings. The molecule has 0 aliphatic carbocycles. The van der Waals surface area contributed by atoms with Gasteiger partial charge in [-0.25, -0.2) is 4.79 Å². The average Bonchev–Trinajstić information content (AvgIpc) is 1.83. The Labute approximate surface area is 73.7 Å². The molecule has 0 fully saturated rings. The van der Waals surface area contributed by atoms with Gasteiger partial charge in [-0.3, -0.25) is 0 Å². The number of amides is 1. The maximum atomic E-state index is 12.4. The Hall–Kier alpha value is -0.600. The molecule has 0 rings (SSSR count). The summed E-state index contributed by atoms with van der Waals surface area (Å²) in [6, 6.07) is 0. The molecular weight excluding hydrogens is 157 g/mol. The van der Waals surface area contributed by atoms with E-state index < -0.39 is 6.16 Å². The number of nitrogens with zero attached hydrogens (tertiary/aromatic N) is 1. The minimum absolute atomic E-state index is 0.323. The van der Waals surface area contributed by atoms with E-state index in [9.17, 15) is 9.18 Å². The van der Waals surface area contributed by atoms with Gasteiger partial charge in [-0.05, 0) is 11.8 Å². The zero-order valence-corrected chi connectivity index (χ0v) is 8.30.